The first-order valence-electron chi connectivity index (χ1n) is 7.40. The molecule has 0 aromatic rings. The predicted octanol–water partition coefficient (Wildman–Crippen LogP) is 4.91. The maximum absolute atomic E-state index is 2.45. The fourth-order valence-electron chi connectivity index (χ4n) is 2.71. The van der Waals surface area contributed by atoms with Gasteiger partial charge in [0.1, 0.15) is 0 Å². The van der Waals surface area contributed by atoms with Crippen LogP contribution in [0.2, 0.25) is 0 Å². The Morgan fingerprint density at radius 1 is 0.833 bits per heavy atom. The number of rotatable bonds is 6. The van der Waals surface area contributed by atoms with Crippen LogP contribution in [0.4, 0.5) is 0 Å². The third-order valence-electron chi connectivity index (χ3n) is 3.51. The molecule has 0 radical (unpaired) electrons. The van der Waals surface area contributed by atoms with Gasteiger partial charge in [-0.25, -0.2) is 0 Å². The molecule has 0 unspecified atom stereocenters. The minimum Gasteiger partial charge on any atom is -0.351 e. The van der Waals surface area contributed by atoms with Crippen molar-refractivity contribution in [1.82, 2.24) is 4.57 Å². The Bertz CT molecular complexity index is 427. The predicted molar refractivity (Wildman–Crippen MR) is 79.3 cm³/mol. The van der Waals surface area contributed by atoms with E-state index in [0.717, 1.165) is 6.54 Å². The maximum atomic E-state index is 2.45. The highest BCUT2D eigenvalue weighted by molar-refractivity contribution is 5.68. The lowest BCUT2D eigenvalue weighted by Gasteiger charge is -2.15. The molecule has 1 aliphatic heterocycles. The number of aryl methyl sites for hydroxylation is 3. The number of hydrogen-bond acceptors (Lipinski definition) is 0. The molecule has 0 spiro atoms. The molecular formula is C17H25N. The molecule has 1 heterocycles. The van der Waals surface area contributed by atoms with Crippen molar-refractivity contribution in [3.63, 3.8) is 0 Å². The van der Waals surface area contributed by atoms with Gasteiger partial charge in [0.05, 0.1) is 0 Å². The van der Waals surface area contributed by atoms with Crippen molar-refractivity contribution in [1.29, 1.82) is 0 Å². The fourth-order valence-corrected chi connectivity index (χ4v) is 2.71. The van der Waals surface area contributed by atoms with Gasteiger partial charge < -0.3 is 4.57 Å². The molecule has 0 aromatic carbocycles. The molecule has 2 rings (SSSR count). The SMILES string of the molecule is CCCc1cc2cc(CCC)n(CCC)cc-2c1. The molecule has 1 nitrogen and oxygen atoms in total. The maximum Gasteiger partial charge on any atom is 0.0219 e. The van der Waals surface area contributed by atoms with Crippen LogP contribution < -0.4 is 0 Å². The summed E-state index contributed by atoms with van der Waals surface area (Å²) in [4.78, 5) is 0. The summed E-state index contributed by atoms with van der Waals surface area (Å²) in [6, 6.07) is 7.13. The number of hydrogen-bond donors (Lipinski definition) is 0. The highest BCUT2D eigenvalue weighted by atomic mass is 15.0. The summed E-state index contributed by atoms with van der Waals surface area (Å²) < 4.78 is 2.45. The van der Waals surface area contributed by atoms with Gasteiger partial charge in [-0.2, -0.15) is 0 Å². The molecule has 0 aromatic heterocycles. The second kappa shape index (κ2) is 6.08. The Labute approximate surface area is 111 Å². The first-order valence-corrected chi connectivity index (χ1v) is 7.40. The van der Waals surface area contributed by atoms with Crippen LogP contribution in [0.5, 0.6) is 0 Å². The third kappa shape index (κ3) is 2.77. The summed E-state index contributed by atoms with van der Waals surface area (Å²) in [7, 11) is 0. The average molecular weight is 243 g/mol. The summed E-state index contributed by atoms with van der Waals surface area (Å²) in [6.45, 7) is 7.89. The van der Waals surface area contributed by atoms with Crippen molar-refractivity contribution in [3.05, 3.63) is 35.7 Å². The van der Waals surface area contributed by atoms with Gasteiger partial charge in [-0.1, -0.05) is 39.7 Å². The largest absolute Gasteiger partial charge is 0.351 e. The van der Waals surface area contributed by atoms with Crippen LogP contribution in [0.15, 0.2) is 24.4 Å². The zero-order valence-electron chi connectivity index (χ0n) is 12.0. The molecule has 1 heteroatoms. The first kappa shape index (κ1) is 13.2. The standard InChI is InChI=1S/C17H25N/c1-4-7-14-10-15-12-17(8-5-2)18(9-6-3)13-16(15)11-14/h10-13H,4-9H2,1-3H3. The van der Waals surface area contributed by atoms with Crippen LogP contribution >= 0.6 is 0 Å². The lowest BCUT2D eigenvalue weighted by Crippen LogP contribution is -2.06. The minimum absolute atomic E-state index is 1.14. The number of fused-ring (bicyclic) bond motifs is 1. The smallest absolute Gasteiger partial charge is 0.0219 e. The van der Waals surface area contributed by atoms with Gasteiger partial charge in [0.25, 0.3) is 0 Å². The van der Waals surface area contributed by atoms with E-state index in [1.165, 1.54) is 54.5 Å². The van der Waals surface area contributed by atoms with Crippen LogP contribution in [-0.4, -0.2) is 4.57 Å². The molecule has 98 valence electrons. The van der Waals surface area contributed by atoms with E-state index in [1.54, 1.807) is 0 Å². The summed E-state index contributed by atoms with van der Waals surface area (Å²) >= 11 is 0. The Balaban J connectivity index is 2.41. The Kier molecular flexibility index (Phi) is 4.46. The molecule has 0 saturated carbocycles. The molecule has 0 amide bonds. The average Bonchev–Trinajstić information content (AvgIpc) is 2.72. The van der Waals surface area contributed by atoms with Gasteiger partial charge in [0, 0.05) is 18.4 Å². The van der Waals surface area contributed by atoms with Crippen molar-refractivity contribution in [2.24, 2.45) is 0 Å². The second-order valence-electron chi connectivity index (χ2n) is 5.23. The molecule has 0 saturated heterocycles. The molecule has 0 bridgehead atoms. The topological polar surface area (TPSA) is 4.93 Å². The zero-order valence-corrected chi connectivity index (χ0v) is 12.0. The van der Waals surface area contributed by atoms with Crippen LogP contribution in [-0.2, 0) is 19.4 Å². The van der Waals surface area contributed by atoms with Gasteiger partial charge in [-0.3, -0.25) is 0 Å². The van der Waals surface area contributed by atoms with Gasteiger partial charge >= 0.3 is 0 Å². The molecule has 2 aliphatic rings. The van der Waals surface area contributed by atoms with Crippen molar-refractivity contribution < 1.29 is 0 Å². The van der Waals surface area contributed by atoms with Crippen LogP contribution in [0.3, 0.4) is 0 Å². The minimum atomic E-state index is 1.14. The van der Waals surface area contributed by atoms with E-state index in [0.29, 0.717) is 0 Å². The first-order chi connectivity index (χ1) is 8.78. The normalized spacial score (nSPS) is 11.3. The molecule has 0 fully saturated rings. The van der Waals surface area contributed by atoms with E-state index >= 15 is 0 Å². The molecule has 1 aliphatic carbocycles. The molecule has 18 heavy (non-hydrogen) atoms. The van der Waals surface area contributed by atoms with E-state index in [2.05, 4.69) is 49.7 Å². The van der Waals surface area contributed by atoms with Crippen molar-refractivity contribution in [2.45, 2.75) is 59.4 Å². The molecular weight excluding hydrogens is 218 g/mol. The summed E-state index contributed by atoms with van der Waals surface area (Å²) in [5, 5.41) is 0. The van der Waals surface area contributed by atoms with E-state index in [9.17, 15) is 0 Å². The zero-order chi connectivity index (χ0) is 13.0. The monoisotopic (exact) mass is 243 g/mol. The van der Waals surface area contributed by atoms with Crippen molar-refractivity contribution >= 4 is 0 Å². The van der Waals surface area contributed by atoms with E-state index < -0.39 is 0 Å². The van der Waals surface area contributed by atoms with Crippen LogP contribution in [0.1, 0.15) is 51.3 Å². The van der Waals surface area contributed by atoms with Gasteiger partial charge in [-0.15, -0.1) is 0 Å². The third-order valence-corrected chi connectivity index (χ3v) is 3.51. The lowest BCUT2D eigenvalue weighted by molar-refractivity contribution is 0.632. The summed E-state index contributed by atoms with van der Waals surface area (Å²) in [6.07, 6.45) is 8.39. The van der Waals surface area contributed by atoms with Crippen LogP contribution in [0.25, 0.3) is 11.1 Å². The summed E-state index contributed by atoms with van der Waals surface area (Å²) in [5.41, 5.74) is 5.81. The highest BCUT2D eigenvalue weighted by Gasteiger charge is 2.10. The quantitative estimate of drug-likeness (QED) is 0.679. The Hall–Kier alpha value is -1.24. The van der Waals surface area contributed by atoms with E-state index in [1.807, 2.05) is 0 Å². The fraction of sp³-hybridized carbons (Fsp3) is 0.529. The van der Waals surface area contributed by atoms with E-state index in [-0.39, 0.29) is 0 Å². The van der Waals surface area contributed by atoms with Gasteiger partial charge in [0.2, 0.25) is 0 Å². The number of aromatic nitrogens is 1. The number of nitrogens with zero attached hydrogens (tertiary/aromatic N) is 1. The number of pyridine rings is 1. The Morgan fingerprint density at radius 2 is 1.56 bits per heavy atom. The van der Waals surface area contributed by atoms with Crippen molar-refractivity contribution in [3.8, 4) is 11.1 Å². The second-order valence-corrected chi connectivity index (χ2v) is 5.23. The van der Waals surface area contributed by atoms with Crippen LogP contribution in [0, 0.1) is 0 Å². The van der Waals surface area contributed by atoms with Crippen molar-refractivity contribution in [2.75, 3.05) is 0 Å². The molecule has 0 N–H and O–H groups in total. The molecule has 0 atom stereocenters. The van der Waals surface area contributed by atoms with Gasteiger partial charge in [0.15, 0.2) is 0 Å². The van der Waals surface area contributed by atoms with E-state index in [4.69, 9.17) is 0 Å². The Morgan fingerprint density at radius 3 is 2.22 bits per heavy atom. The summed E-state index contributed by atoms with van der Waals surface area (Å²) in [5.74, 6) is 0. The highest BCUT2D eigenvalue weighted by Crippen LogP contribution is 2.28. The lowest BCUT2D eigenvalue weighted by atomic mass is 10.1. The van der Waals surface area contributed by atoms with Gasteiger partial charge in [-0.05, 0) is 48.1 Å².